The number of hydrogen-bond donors (Lipinski definition) is 3. The topological polar surface area (TPSA) is 147 Å². The Morgan fingerprint density at radius 1 is 1.16 bits per heavy atom. The van der Waals surface area contributed by atoms with Crippen molar-refractivity contribution in [2.45, 2.75) is 22.8 Å². The molecule has 3 N–H and O–H groups in total. The van der Waals surface area contributed by atoms with Gasteiger partial charge >= 0.3 is 0 Å². The van der Waals surface area contributed by atoms with Crippen LogP contribution >= 0.6 is 11.3 Å². The maximum absolute atomic E-state index is 12.5. The van der Waals surface area contributed by atoms with Crippen molar-refractivity contribution in [3.8, 4) is 0 Å². The van der Waals surface area contributed by atoms with Crippen LogP contribution in [0, 0.1) is 0 Å². The molecule has 1 unspecified atom stereocenters. The molecule has 1 amide bonds. The van der Waals surface area contributed by atoms with E-state index in [9.17, 15) is 21.6 Å². The summed E-state index contributed by atoms with van der Waals surface area (Å²) in [4.78, 5) is 20.7. The lowest BCUT2D eigenvalue weighted by atomic mass is 10.2. The number of sulfonamides is 2. The smallest absolute Gasteiger partial charge is 0.263 e. The SMILES string of the molecule is CC(N=C1NS(=O)(=O)c2ccccc21)C(=O)Nc1ccc(S(=O)(=O)Nc2nccs2)cc1. The molecule has 1 aliphatic heterocycles. The number of nitrogens with one attached hydrogen (secondary N) is 3. The van der Waals surface area contributed by atoms with Crippen molar-refractivity contribution in [2.75, 3.05) is 10.0 Å². The van der Waals surface area contributed by atoms with E-state index in [2.05, 4.69) is 24.7 Å². The molecule has 0 fully saturated rings. The zero-order valence-electron chi connectivity index (χ0n) is 16.5. The molecule has 0 saturated carbocycles. The van der Waals surface area contributed by atoms with Crippen LogP contribution in [0.25, 0.3) is 0 Å². The summed E-state index contributed by atoms with van der Waals surface area (Å²) < 4.78 is 53.8. The molecule has 0 spiro atoms. The van der Waals surface area contributed by atoms with Crippen LogP contribution < -0.4 is 14.8 Å². The number of rotatable bonds is 6. The van der Waals surface area contributed by atoms with Gasteiger partial charge in [-0.05, 0) is 43.3 Å². The van der Waals surface area contributed by atoms with Crippen LogP contribution in [0.1, 0.15) is 12.5 Å². The highest BCUT2D eigenvalue weighted by molar-refractivity contribution is 7.93. The number of anilines is 2. The predicted octanol–water partition coefficient (Wildman–Crippen LogP) is 2.01. The Morgan fingerprint density at radius 2 is 1.88 bits per heavy atom. The fraction of sp³-hybridized carbons (Fsp3) is 0.105. The van der Waals surface area contributed by atoms with E-state index in [1.165, 1.54) is 43.5 Å². The molecule has 10 nitrogen and oxygen atoms in total. The van der Waals surface area contributed by atoms with Crippen LogP contribution in [0.3, 0.4) is 0 Å². The molecule has 1 atom stereocenters. The molecule has 1 aromatic heterocycles. The van der Waals surface area contributed by atoms with Crippen molar-refractivity contribution in [1.82, 2.24) is 9.71 Å². The largest absolute Gasteiger partial charge is 0.324 e. The van der Waals surface area contributed by atoms with Gasteiger partial charge in [0, 0.05) is 22.8 Å². The van der Waals surface area contributed by atoms with Crippen LogP contribution in [0.4, 0.5) is 10.8 Å². The van der Waals surface area contributed by atoms with Gasteiger partial charge in [0.05, 0.1) is 9.79 Å². The lowest BCUT2D eigenvalue weighted by Gasteiger charge is -2.11. The Morgan fingerprint density at radius 3 is 2.56 bits per heavy atom. The van der Waals surface area contributed by atoms with Crippen molar-refractivity contribution < 1.29 is 21.6 Å². The van der Waals surface area contributed by atoms with E-state index in [0.717, 1.165) is 11.3 Å². The average Bonchev–Trinajstić information content (AvgIpc) is 3.34. The van der Waals surface area contributed by atoms with Gasteiger partial charge in [-0.15, -0.1) is 11.3 Å². The summed E-state index contributed by atoms with van der Waals surface area (Å²) in [6, 6.07) is 11.0. The molecule has 0 saturated heterocycles. The minimum Gasteiger partial charge on any atom is -0.324 e. The predicted molar refractivity (Wildman–Crippen MR) is 121 cm³/mol. The Balaban J connectivity index is 1.46. The zero-order valence-corrected chi connectivity index (χ0v) is 19.0. The third-order valence-electron chi connectivity index (χ3n) is 4.45. The van der Waals surface area contributed by atoms with E-state index in [4.69, 9.17) is 0 Å². The summed E-state index contributed by atoms with van der Waals surface area (Å²) in [6.45, 7) is 1.52. The number of nitrogens with zero attached hydrogens (tertiary/aromatic N) is 2. The summed E-state index contributed by atoms with van der Waals surface area (Å²) >= 11 is 1.15. The maximum Gasteiger partial charge on any atom is 0.263 e. The molecular weight excluding hydrogens is 474 g/mol. The van der Waals surface area contributed by atoms with Crippen molar-refractivity contribution in [2.24, 2.45) is 4.99 Å². The Kier molecular flexibility index (Phi) is 5.71. The first kappa shape index (κ1) is 21.9. The lowest BCUT2D eigenvalue weighted by Crippen LogP contribution is -2.28. The molecule has 2 heterocycles. The fourth-order valence-electron chi connectivity index (χ4n) is 2.89. The first-order chi connectivity index (χ1) is 15.2. The number of aliphatic imine (C=N–C) groups is 1. The number of carbonyl (C=O) groups excluding carboxylic acids is 1. The van der Waals surface area contributed by atoms with E-state index in [0.29, 0.717) is 11.3 Å². The van der Waals surface area contributed by atoms with E-state index >= 15 is 0 Å². The van der Waals surface area contributed by atoms with Crippen LogP contribution in [0.15, 0.2) is 74.9 Å². The number of carbonyl (C=O) groups is 1. The Bertz CT molecular complexity index is 1400. The fourth-order valence-corrected chi connectivity index (χ4v) is 5.92. The minimum atomic E-state index is -3.80. The molecule has 2 aromatic carbocycles. The van der Waals surface area contributed by atoms with Gasteiger partial charge in [-0.1, -0.05) is 12.1 Å². The van der Waals surface area contributed by atoms with Gasteiger partial charge in [0.15, 0.2) is 5.13 Å². The number of fused-ring (bicyclic) bond motifs is 1. The van der Waals surface area contributed by atoms with Crippen LogP contribution in [-0.2, 0) is 24.8 Å². The van der Waals surface area contributed by atoms with Gasteiger partial charge in [0.2, 0.25) is 5.91 Å². The molecule has 3 aromatic rings. The standard InChI is InChI=1S/C19H17N5O5S3/c1-12(21-17-15-4-2-3-5-16(15)32(28,29)23-17)18(25)22-13-6-8-14(9-7-13)31(26,27)24-19-20-10-11-30-19/h2-12H,1H3,(H,20,24)(H,21,23)(H,22,25). The van der Waals surface area contributed by atoms with Crippen molar-refractivity contribution in [3.05, 3.63) is 65.7 Å². The highest BCUT2D eigenvalue weighted by Crippen LogP contribution is 2.23. The van der Waals surface area contributed by atoms with Crippen molar-refractivity contribution in [1.29, 1.82) is 0 Å². The third-order valence-corrected chi connectivity index (χ3v) is 8.02. The maximum atomic E-state index is 12.5. The molecule has 13 heteroatoms. The van der Waals surface area contributed by atoms with Gasteiger partial charge in [0.1, 0.15) is 11.9 Å². The second-order valence-corrected chi connectivity index (χ2v) is 10.9. The van der Waals surface area contributed by atoms with Gasteiger partial charge in [-0.25, -0.2) is 21.8 Å². The first-order valence-electron chi connectivity index (χ1n) is 9.19. The van der Waals surface area contributed by atoms with E-state index < -0.39 is 32.0 Å². The first-order valence-corrected chi connectivity index (χ1v) is 13.0. The van der Waals surface area contributed by atoms with Crippen molar-refractivity contribution >= 4 is 53.9 Å². The molecular formula is C19H17N5O5S3. The molecule has 0 radical (unpaired) electrons. The van der Waals surface area contributed by atoms with Gasteiger partial charge in [-0.2, -0.15) is 0 Å². The molecule has 32 heavy (non-hydrogen) atoms. The second-order valence-electron chi connectivity index (χ2n) is 6.71. The molecule has 0 bridgehead atoms. The van der Waals surface area contributed by atoms with Crippen LogP contribution in [0.5, 0.6) is 0 Å². The van der Waals surface area contributed by atoms with Gasteiger partial charge in [0.25, 0.3) is 20.0 Å². The summed E-state index contributed by atoms with van der Waals surface area (Å²) in [5, 5.41) is 4.53. The summed E-state index contributed by atoms with van der Waals surface area (Å²) in [5.74, 6) is -0.393. The monoisotopic (exact) mass is 491 g/mol. The number of amides is 1. The van der Waals surface area contributed by atoms with Crippen LogP contribution in [0.2, 0.25) is 0 Å². The number of hydrogen-bond acceptors (Lipinski definition) is 8. The molecule has 166 valence electrons. The number of aromatic nitrogens is 1. The summed E-state index contributed by atoms with van der Waals surface area (Å²) in [6.07, 6.45) is 1.49. The molecule has 0 aliphatic carbocycles. The zero-order chi connectivity index (χ0) is 22.9. The van der Waals surface area contributed by atoms with E-state index in [1.54, 1.807) is 23.6 Å². The Hall–Kier alpha value is -3.29. The highest BCUT2D eigenvalue weighted by atomic mass is 32.2. The quantitative estimate of drug-likeness (QED) is 0.481. The molecule has 4 rings (SSSR count). The van der Waals surface area contributed by atoms with E-state index in [1.807, 2.05) is 0 Å². The highest BCUT2D eigenvalue weighted by Gasteiger charge is 2.31. The second kappa shape index (κ2) is 8.33. The van der Waals surface area contributed by atoms with Crippen molar-refractivity contribution in [3.63, 3.8) is 0 Å². The summed E-state index contributed by atoms with van der Waals surface area (Å²) in [7, 11) is -7.50. The van der Waals surface area contributed by atoms with E-state index in [-0.39, 0.29) is 20.8 Å². The molecule has 1 aliphatic rings. The number of thiazole rings is 1. The lowest BCUT2D eigenvalue weighted by molar-refractivity contribution is -0.117. The van der Waals surface area contributed by atoms with Crippen LogP contribution in [-0.4, -0.2) is 39.6 Å². The third kappa shape index (κ3) is 4.49. The normalized spacial score (nSPS) is 16.7. The Labute approximate surface area is 188 Å². The van der Waals surface area contributed by atoms with Gasteiger partial charge < -0.3 is 5.32 Å². The number of amidine groups is 1. The average molecular weight is 492 g/mol. The summed E-state index contributed by atoms with van der Waals surface area (Å²) in [5.41, 5.74) is 0.761. The number of benzene rings is 2. The van der Waals surface area contributed by atoms with Gasteiger partial charge in [-0.3, -0.25) is 19.2 Å². The minimum absolute atomic E-state index is 0.0101.